The lowest BCUT2D eigenvalue weighted by Crippen LogP contribution is -2.37. The molecule has 6 heteroatoms. The van der Waals surface area contributed by atoms with E-state index in [-0.39, 0.29) is 6.42 Å². The number of hydrogen-bond acceptors (Lipinski definition) is 3. The second kappa shape index (κ2) is 9.87. The third-order valence-electron chi connectivity index (χ3n) is 4.49. The first-order valence-corrected chi connectivity index (χ1v) is 9.61. The number of carbonyl (C=O) groups is 2. The fourth-order valence-corrected chi connectivity index (χ4v) is 3.22. The van der Waals surface area contributed by atoms with Crippen LogP contribution in [0.4, 0.5) is 5.69 Å². The molecule has 0 bridgehead atoms. The number of nitrogens with one attached hydrogen (secondary N) is 2. The fraction of sp³-hybridized carbons (Fsp3) is 0.130. The van der Waals surface area contributed by atoms with Crippen molar-refractivity contribution in [3.8, 4) is 0 Å². The number of para-hydroxylation sites is 1. The molecule has 0 aliphatic rings. The van der Waals surface area contributed by atoms with E-state index in [9.17, 15) is 9.59 Å². The zero-order chi connectivity index (χ0) is 20.6. The Hall–Kier alpha value is -3.15. The highest BCUT2D eigenvalue weighted by atomic mass is 35.5. The van der Waals surface area contributed by atoms with Crippen LogP contribution in [0.1, 0.15) is 29.6 Å². The highest BCUT2D eigenvalue weighted by molar-refractivity contribution is 6.33. The lowest BCUT2D eigenvalue weighted by atomic mass is 9.94. The summed E-state index contributed by atoms with van der Waals surface area (Å²) in [5.74, 6) is -0.870. The van der Waals surface area contributed by atoms with Gasteiger partial charge in [-0.15, -0.1) is 0 Å². The van der Waals surface area contributed by atoms with Crippen LogP contribution >= 0.6 is 11.6 Å². The van der Waals surface area contributed by atoms with Crippen LogP contribution in [0.2, 0.25) is 5.02 Å². The summed E-state index contributed by atoms with van der Waals surface area (Å²) in [4.78, 5) is 24.9. The average molecular weight is 408 g/mol. The average Bonchev–Trinajstić information content (AvgIpc) is 2.74. The highest BCUT2D eigenvalue weighted by Crippen LogP contribution is 2.27. The van der Waals surface area contributed by atoms with E-state index < -0.39 is 23.9 Å². The quantitative estimate of drug-likeness (QED) is 0.512. The molecule has 0 aliphatic carbocycles. The largest absolute Gasteiger partial charge is 0.347 e. The summed E-state index contributed by atoms with van der Waals surface area (Å²) >= 11 is 6.05. The van der Waals surface area contributed by atoms with E-state index in [2.05, 4.69) is 10.6 Å². The number of anilines is 1. The first kappa shape index (κ1) is 20.6. The van der Waals surface area contributed by atoms with Gasteiger partial charge >= 0.3 is 0 Å². The molecule has 0 fully saturated rings. The Labute approximate surface area is 174 Å². The zero-order valence-corrected chi connectivity index (χ0v) is 16.5. The Bertz CT molecular complexity index is 964. The summed E-state index contributed by atoms with van der Waals surface area (Å²) in [5.41, 5.74) is 8.68. The Balaban J connectivity index is 1.71. The molecule has 0 aromatic heterocycles. The Morgan fingerprint density at radius 2 is 1.34 bits per heavy atom. The third-order valence-corrected chi connectivity index (χ3v) is 4.82. The number of carbonyl (C=O) groups excluding carboxylic acids is 2. The summed E-state index contributed by atoms with van der Waals surface area (Å²) in [6.07, 6.45) is -0.337. The molecular weight excluding hydrogens is 386 g/mol. The van der Waals surface area contributed by atoms with Gasteiger partial charge in [-0.2, -0.15) is 0 Å². The molecule has 0 saturated carbocycles. The first-order chi connectivity index (χ1) is 14.0. The normalized spacial score (nSPS) is 12.6. The molecule has 3 rings (SSSR count). The second-order valence-corrected chi connectivity index (χ2v) is 7.00. The summed E-state index contributed by atoms with van der Waals surface area (Å²) in [6, 6.07) is 24.9. The van der Waals surface area contributed by atoms with Gasteiger partial charge in [-0.25, -0.2) is 0 Å². The van der Waals surface area contributed by atoms with Gasteiger partial charge in [0.05, 0.1) is 22.8 Å². The standard InChI is InChI=1S/C23H22ClN3O2/c24-18-13-7-8-14-19(18)26-20(28)15-21(29)27-23(17-11-5-2-6-12-17)22(25)16-9-3-1-4-10-16/h1-14,22-23H,15,25H2,(H,26,28)(H,27,29)/t22-,23-/m1/s1. The molecule has 0 heterocycles. The molecule has 0 unspecified atom stereocenters. The number of amides is 2. The summed E-state index contributed by atoms with van der Waals surface area (Å²) in [7, 11) is 0. The van der Waals surface area contributed by atoms with Crippen molar-refractivity contribution in [2.24, 2.45) is 5.73 Å². The van der Waals surface area contributed by atoms with E-state index in [0.717, 1.165) is 11.1 Å². The van der Waals surface area contributed by atoms with Crippen LogP contribution in [0.25, 0.3) is 0 Å². The molecule has 29 heavy (non-hydrogen) atoms. The van der Waals surface area contributed by atoms with Crippen LogP contribution in [0.3, 0.4) is 0 Å². The van der Waals surface area contributed by atoms with Crippen molar-refractivity contribution in [2.45, 2.75) is 18.5 Å². The number of hydrogen-bond donors (Lipinski definition) is 3. The van der Waals surface area contributed by atoms with Crippen molar-refractivity contribution in [1.29, 1.82) is 0 Å². The van der Waals surface area contributed by atoms with E-state index in [1.807, 2.05) is 60.7 Å². The molecule has 5 nitrogen and oxygen atoms in total. The smallest absolute Gasteiger partial charge is 0.233 e. The minimum Gasteiger partial charge on any atom is -0.347 e. The van der Waals surface area contributed by atoms with Crippen molar-refractivity contribution >= 4 is 29.1 Å². The molecule has 0 spiro atoms. The van der Waals surface area contributed by atoms with Crippen LogP contribution in [0, 0.1) is 0 Å². The minimum atomic E-state index is -0.473. The lowest BCUT2D eigenvalue weighted by molar-refractivity contribution is -0.127. The number of halogens is 1. The maximum Gasteiger partial charge on any atom is 0.233 e. The maximum atomic E-state index is 12.6. The molecule has 2 amide bonds. The van der Waals surface area contributed by atoms with Crippen LogP contribution in [-0.4, -0.2) is 11.8 Å². The number of nitrogens with two attached hydrogens (primary N) is 1. The zero-order valence-electron chi connectivity index (χ0n) is 15.7. The molecular formula is C23H22ClN3O2. The van der Waals surface area contributed by atoms with E-state index in [1.54, 1.807) is 24.3 Å². The highest BCUT2D eigenvalue weighted by Gasteiger charge is 2.24. The van der Waals surface area contributed by atoms with Crippen molar-refractivity contribution in [1.82, 2.24) is 5.32 Å². The minimum absolute atomic E-state index is 0.337. The predicted molar refractivity (Wildman–Crippen MR) is 115 cm³/mol. The van der Waals surface area contributed by atoms with Crippen LogP contribution < -0.4 is 16.4 Å². The van der Waals surface area contributed by atoms with Crippen molar-refractivity contribution in [3.63, 3.8) is 0 Å². The van der Waals surface area contributed by atoms with Crippen LogP contribution in [0.15, 0.2) is 84.9 Å². The second-order valence-electron chi connectivity index (χ2n) is 6.60. The lowest BCUT2D eigenvalue weighted by Gasteiger charge is -2.26. The molecule has 2 atom stereocenters. The molecule has 0 radical (unpaired) electrons. The van der Waals surface area contributed by atoms with Crippen molar-refractivity contribution in [3.05, 3.63) is 101 Å². The van der Waals surface area contributed by atoms with Gasteiger partial charge < -0.3 is 16.4 Å². The Morgan fingerprint density at radius 3 is 1.97 bits per heavy atom. The monoisotopic (exact) mass is 407 g/mol. The SMILES string of the molecule is N[C@H](c1ccccc1)[C@H](NC(=O)CC(=O)Nc1ccccc1Cl)c1ccccc1. The molecule has 0 aliphatic heterocycles. The van der Waals surface area contributed by atoms with Crippen LogP contribution in [-0.2, 0) is 9.59 Å². The van der Waals surface area contributed by atoms with Gasteiger partial charge in [0, 0.05) is 0 Å². The van der Waals surface area contributed by atoms with Gasteiger partial charge in [0.15, 0.2) is 0 Å². The maximum absolute atomic E-state index is 12.6. The summed E-state index contributed by atoms with van der Waals surface area (Å²) in [5, 5.41) is 5.97. The molecule has 3 aromatic carbocycles. The number of rotatable bonds is 7. The van der Waals surface area contributed by atoms with E-state index in [0.29, 0.717) is 10.7 Å². The summed E-state index contributed by atoms with van der Waals surface area (Å²) < 4.78 is 0. The van der Waals surface area contributed by atoms with Crippen LogP contribution in [0.5, 0.6) is 0 Å². The van der Waals surface area contributed by atoms with Gasteiger partial charge in [-0.05, 0) is 23.3 Å². The van der Waals surface area contributed by atoms with Crippen molar-refractivity contribution < 1.29 is 9.59 Å². The van der Waals surface area contributed by atoms with Gasteiger partial charge in [-0.1, -0.05) is 84.4 Å². The molecule has 3 aromatic rings. The molecule has 0 saturated heterocycles. The van der Waals surface area contributed by atoms with E-state index in [1.165, 1.54) is 0 Å². The number of benzene rings is 3. The Kier molecular flexibility index (Phi) is 7.00. The topological polar surface area (TPSA) is 84.2 Å². The van der Waals surface area contributed by atoms with Gasteiger partial charge in [-0.3, -0.25) is 9.59 Å². The predicted octanol–water partition coefficient (Wildman–Crippen LogP) is 4.23. The van der Waals surface area contributed by atoms with Gasteiger partial charge in [0.1, 0.15) is 6.42 Å². The summed E-state index contributed by atoms with van der Waals surface area (Å²) in [6.45, 7) is 0. The fourth-order valence-electron chi connectivity index (χ4n) is 3.04. The molecule has 4 N–H and O–H groups in total. The van der Waals surface area contributed by atoms with E-state index >= 15 is 0 Å². The van der Waals surface area contributed by atoms with E-state index in [4.69, 9.17) is 17.3 Å². The Morgan fingerprint density at radius 1 is 0.793 bits per heavy atom. The first-order valence-electron chi connectivity index (χ1n) is 9.24. The third kappa shape index (κ3) is 5.67. The van der Waals surface area contributed by atoms with Crippen molar-refractivity contribution in [2.75, 3.05) is 5.32 Å². The van der Waals surface area contributed by atoms with Gasteiger partial charge in [0.25, 0.3) is 0 Å². The molecule has 148 valence electrons. The van der Waals surface area contributed by atoms with Gasteiger partial charge in [0.2, 0.25) is 11.8 Å².